The molecular formula is C17H14N6O3S2. The van der Waals surface area contributed by atoms with Crippen LogP contribution in [0.25, 0.3) is 4.96 Å². The molecule has 9 nitrogen and oxygen atoms in total. The molecule has 0 fully saturated rings. The highest BCUT2D eigenvalue weighted by Crippen LogP contribution is 2.19. The second-order valence-electron chi connectivity index (χ2n) is 5.81. The predicted octanol–water partition coefficient (Wildman–Crippen LogP) is 2.55. The van der Waals surface area contributed by atoms with Crippen LogP contribution >= 0.6 is 11.3 Å². The Hall–Kier alpha value is -3.31. The topological polar surface area (TPSA) is 118 Å². The number of hydrogen-bond acceptors (Lipinski definition) is 7. The third kappa shape index (κ3) is 3.70. The molecule has 4 rings (SSSR count). The summed E-state index contributed by atoms with van der Waals surface area (Å²) >= 11 is 1.49. The molecule has 0 saturated heterocycles. The van der Waals surface area contributed by atoms with E-state index in [4.69, 9.17) is 0 Å². The third-order valence-electron chi connectivity index (χ3n) is 3.72. The molecule has 0 atom stereocenters. The van der Waals surface area contributed by atoms with E-state index in [1.165, 1.54) is 48.0 Å². The van der Waals surface area contributed by atoms with Crippen LogP contribution in [0, 0.1) is 6.92 Å². The van der Waals surface area contributed by atoms with E-state index in [0.29, 0.717) is 5.69 Å². The maximum atomic E-state index is 12.4. The van der Waals surface area contributed by atoms with Crippen molar-refractivity contribution in [3.8, 4) is 0 Å². The minimum absolute atomic E-state index is 0.0186. The zero-order chi connectivity index (χ0) is 19.7. The lowest BCUT2D eigenvalue weighted by Crippen LogP contribution is -2.15. The van der Waals surface area contributed by atoms with E-state index >= 15 is 0 Å². The van der Waals surface area contributed by atoms with Gasteiger partial charge in [0, 0.05) is 35.4 Å². The molecule has 0 saturated carbocycles. The quantitative estimate of drug-likeness (QED) is 0.518. The normalized spacial score (nSPS) is 11.5. The maximum Gasteiger partial charge on any atom is 0.275 e. The van der Waals surface area contributed by atoms with Crippen molar-refractivity contribution < 1.29 is 13.2 Å². The zero-order valence-electron chi connectivity index (χ0n) is 14.5. The number of carbonyl (C=O) groups is 1. The molecule has 3 heterocycles. The number of fused-ring (bicyclic) bond motifs is 1. The number of anilines is 2. The lowest BCUT2D eigenvalue weighted by molar-refractivity contribution is 0.102. The Morgan fingerprint density at radius 1 is 1.11 bits per heavy atom. The first-order valence-electron chi connectivity index (χ1n) is 8.07. The van der Waals surface area contributed by atoms with E-state index in [9.17, 15) is 13.2 Å². The minimum Gasteiger partial charge on any atom is -0.321 e. The van der Waals surface area contributed by atoms with Crippen molar-refractivity contribution in [3.05, 3.63) is 65.7 Å². The molecule has 0 bridgehead atoms. The average molecular weight is 414 g/mol. The van der Waals surface area contributed by atoms with Crippen LogP contribution < -0.4 is 10.0 Å². The Labute approximate surface area is 164 Å². The van der Waals surface area contributed by atoms with Crippen LogP contribution in [0.15, 0.2) is 60.0 Å². The third-order valence-corrected chi connectivity index (χ3v) is 5.97. The van der Waals surface area contributed by atoms with Gasteiger partial charge >= 0.3 is 0 Å². The summed E-state index contributed by atoms with van der Waals surface area (Å²) in [5.74, 6) is -0.394. The average Bonchev–Trinajstić information content (AvgIpc) is 3.20. The number of thiazole rings is 1. The first-order valence-corrected chi connectivity index (χ1v) is 10.4. The molecule has 142 valence electrons. The number of amides is 1. The molecule has 1 aromatic carbocycles. The van der Waals surface area contributed by atoms with E-state index in [0.717, 1.165) is 9.84 Å². The summed E-state index contributed by atoms with van der Waals surface area (Å²) in [5, 5.41) is 2.70. The van der Waals surface area contributed by atoms with Crippen LogP contribution in [0.1, 0.15) is 15.4 Å². The van der Waals surface area contributed by atoms with Gasteiger partial charge in [0.25, 0.3) is 15.9 Å². The Morgan fingerprint density at radius 3 is 2.50 bits per heavy atom. The standard InChI is InChI=1S/C17H14N6O3S2/c1-11-9-23-10-14(21-17(23)27-11)15(24)20-12-3-5-13(6-4-12)28(25,26)22-16-18-7-2-8-19-16/h2-10H,1H3,(H,20,24)(H,18,19,22). The molecule has 0 aliphatic heterocycles. The second kappa shape index (κ2) is 7.02. The summed E-state index contributed by atoms with van der Waals surface area (Å²) in [6, 6.07) is 7.36. The van der Waals surface area contributed by atoms with Crippen LogP contribution in [-0.2, 0) is 10.0 Å². The molecule has 0 aliphatic carbocycles. The lowest BCUT2D eigenvalue weighted by Gasteiger charge is -2.08. The number of carbonyl (C=O) groups excluding carboxylic acids is 1. The summed E-state index contributed by atoms with van der Waals surface area (Å²) in [4.78, 5) is 26.2. The fraction of sp³-hybridized carbons (Fsp3) is 0.0588. The van der Waals surface area contributed by atoms with Gasteiger partial charge in [0.05, 0.1) is 4.90 Å². The van der Waals surface area contributed by atoms with E-state index in [1.54, 1.807) is 16.7 Å². The summed E-state index contributed by atoms with van der Waals surface area (Å²) in [7, 11) is -3.83. The molecule has 3 aromatic heterocycles. The summed E-state index contributed by atoms with van der Waals surface area (Å²) < 4.78 is 28.8. The fourth-order valence-corrected chi connectivity index (χ4v) is 4.23. The summed E-state index contributed by atoms with van der Waals surface area (Å²) in [5.41, 5.74) is 0.735. The van der Waals surface area contributed by atoms with Gasteiger partial charge in [-0.25, -0.2) is 28.1 Å². The molecule has 28 heavy (non-hydrogen) atoms. The maximum absolute atomic E-state index is 12.4. The van der Waals surface area contributed by atoms with Crippen molar-refractivity contribution in [2.75, 3.05) is 10.0 Å². The van der Waals surface area contributed by atoms with E-state index in [1.807, 2.05) is 13.1 Å². The van der Waals surface area contributed by atoms with Gasteiger partial charge in [-0.2, -0.15) is 0 Å². The number of nitrogens with one attached hydrogen (secondary N) is 2. The molecule has 1 amide bonds. The molecule has 4 aromatic rings. The summed E-state index contributed by atoms with van der Waals surface area (Å²) in [6.45, 7) is 1.97. The van der Waals surface area contributed by atoms with Crippen molar-refractivity contribution >= 4 is 43.9 Å². The predicted molar refractivity (Wildman–Crippen MR) is 105 cm³/mol. The SMILES string of the molecule is Cc1cn2cc(C(=O)Nc3ccc(S(=O)(=O)Nc4ncccn4)cc3)nc2s1. The van der Waals surface area contributed by atoms with Crippen LogP contribution in [0.2, 0.25) is 0 Å². The van der Waals surface area contributed by atoms with E-state index < -0.39 is 10.0 Å². The Bertz CT molecular complexity index is 1220. The van der Waals surface area contributed by atoms with Crippen LogP contribution in [-0.4, -0.2) is 33.7 Å². The Balaban J connectivity index is 1.48. The lowest BCUT2D eigenvalue weighted by atomic mass is 10.3. The second-order valence-corrected chi connectivity index (χ2v) is 8.71. The number of benzene rings is 1. The van der Waals surface area contributed by atoms with Crippen molar-refractivity contribution in [2.24, 2.45) is 0 Å². The van der Waals surface area contributed by atoms with Crippen molar-refractivity contribution in [1.82, 2.24) is 19.4 Å². The van der Waals surface area contributed by atoms with Gasteiger partial charge in [0.15, 0.2) is 4.96 Å². The monoisotopic (exact) mass is 414 g/mol. The van der Waals surface area contributed by atoms with Crippen molar-refractivity contribution in [3.63, 3.8) is 0 Å². The first-order chi connectivity index (χ1) is 13.4. The number of imidazole rings is 1. The number of aryl methyl sites for hydroxylation is 1. The first kappa shape index (κ1) is 18.1. The van der Waals surface area contributed by atoms with Crippen LogP contribution in [0.4, 0.5) is 11.6 Å². The highest BCUT2D eigenvalue weighted by molar-refractivity contribution is 7.92. The number of sulfonamides is 1. The number of rotatable bonds is 5. The van der Waals surface area contributed by atoms with E-state index in [2.05, 4.69) is 25.0 Å². The van der Waals surface area contributed by atoms with Gasteiger partial charge in [-0.1, -0.05) is 0 Å². The molecule has 0 radical (unpaired) electrons. The van der Waals surface area contributed by atoms with Gasteiger partial charge in [-0.3, -0.25) is 9.20 Å². The molecule has 2 N–H and O–H groups in total. The Kier molecular flexibility index (Phi) is 4.53. The Morgan fingerprint density at radius 2 is 1.82 bits per heavy atom. The van der Waals surface area contributed by atoms with Gasteiger partial charge in [-0.15, -0.1) is 11.3 Å². The van der Waals surface area contributed by atoms with Gasteiger partial charge in [-0.05, 0) is 37.3 Å². The van der Waals surface area contributed by atoms with E-state index in [-0.39, 0.29) is 22.4 Å². The number of nitrogens with zero attached hydrogens (tertiary/aromatic N) is 4. The molecule has 0 spiro atoms. The fourth-order valence-electron chi connectivity index (χ4n) is 2.46. The van der Waals surface area contributed by atoms with Gasteiger partial charge in [0.2, 0.25) is 5.95 Å². The number of hydrogen-bond donors (Lipinski definition) is 2. The van der Waals surface area contributed by atoms with Crippen LogP contribution in [0.3, 0.4) is 0 Å². The molecule has 0 unspecified atom stereocenters. The highest BCUT2D eigenvalue weighted by atomic mass is 32.2. The van der Waals surface area contributed by atoms with Crippen molar-refractivity contribution in [1.29, 1.82) is 0 Å². The van der Waals surface area contributed by atoms with Crippen molar-refractivity contribution in [2.45, 2.75) is 11.8 Å². The largest absolute Gasteiger partial charge is 0.321 e. The zero-order valence-corrected chi connectivity index (χ0v) is 16.2. The molecule has 0 aliphatic rings. The summed E-state index contributed by atoms with van der Waals surface area (Å²) in [6.07, 6.45) is 6.42. The molecular weight excluding hydrogens is 400 g/mol. The van der Waals surface area contributed by atoms with Gasteiger partial charge < -0.3 is 5.32 Å². The minimum atomic E-state index is -3.83. The van der Waals surface area contributed by atoms with Gasteiger partial charge in [0.1, 0.15) is 5.69 Å². The smallest absolute Gasteiger partial charge is 0.275 e. The number of aromatic nitrogens is 4. The van der Waals surface area contributed by atoms with Crippen LogP contribution in [0.5, 0.6) is 0 Å². The highest BCUT2D eigenvalue weighted by Gasteiger charge is 2.16. The molecule has 11 heteroatoms.